The van der Waals surface area contributed by atoms with Gasteiger partial charge < -0.3 is 20.1 Å². The summed E-state index contributed by atoms with van der Waals surface area (Å²) in [5.41, 5.74) is 0.722. The van der Waals surface area contributed by atoms with E-state index >= 15 is 0 Å². The molecule has 0 saturated carbocycles. The zero-order valence-corrected chi connectivity index (χ0v) is 14.8. The average molecular weight is 381 g/mol. The summed E-state index contributed by atoms with van der Waals surface area (Å²) < 4.78 is 22.9. The van der Waals surface area contributed by atoms with Crippen LogP contribution >= 0.6 is 11.6 Å². The molecule has 6 nitrogen and oxygen atoms in total. The van der Waals surface area contributed by atoms with E-state index in [4.69, 9.17) is 21.1 Å². The second-order valence-electron chi connectivity index (χ2n) is 5.23. The van der Waals surface area contributed by atoms with Crippen LogP contribution in [0.25, 0.3) is 0 Å². The summed E-state index contributed by atoms with van der Waals surface area (Å²) >= 11 is 6.10. The summed E-state index contributed by atoms with van der Waals surface area (Å²) in [6.45, 7) is 0.513. The van der Waals surface area contributed by atoms with Gasteiger partial charge in [0.05, 0.1) is 17.2 Å². The number of benzene rings is 2. The number of halogens is 2. The highest BCUT2D eigenvalue weighted by molar-refractivity contribution is 6.34. The molecule has 0 saturated heterocycles. The van der Waals surface area contributed by atoms with Crippen molar-refractivity contribution in [1.82, 2.24) is 5.32 Å². The molecule has 0 aliphatic carbocycles. The Morgan fingerprint density at radius 1 is 1.15 bits per heavy atom. The number of rotatable bonds is 8. The summed E-state index contributed by atoms with van der Waals surface area (Å²) in [6.07, 6.45) is 0. The van der Waals surface area contributed by atoms with Gasteiger partial charge in [-0.25, -0.2) is 4.39 Å². The monoisotopic (exact) mass is 380 g/mol. The number of hydrogen-bond donors (Lipinski definition) is 2. The Morgan fingerprint density at radius 2 is 1.88 bits per heavy atom. The highest BCUT2D eigenvalue weighted by Gasteiger charge is 2.12. The molecule has 0 atom stereocenters. The molecular formula is C18H18ClFN2O4. The van der Waals surface area contributed by atoms with Gasteiger partial charge in [-0.15, -0.1) is 0 Å². The summed E-state index contributed by atoms with van der Waals surface area (Å²) in [6, 6.07) is 9.89. The first-order chi connectivity index (χ1) is 12.5. The molecule has 0 spiro atoms. The molecule has 0 fully saturated rings. The Balaban J connectivity index is 1.88. The number of hydrogen-bond acceptors (Lipinski definition) is 4. The first-order valence-corrected chi connectivity index (χ1v) is 8.12. The van der Waals surface area contributed by atoms with Crippen molar-refractivity contribution in [3.63, 3.8) is 0 Å². The maximum Gasteiger partial charge on any atom is 0.262 e. The van der Waals surface area contributed by atoms with Crippen LogP contribution in [-0.2, 0) is 9.53 Å². The number of nitrogens with one attached hydrogen (secondary N) is 2. The Bertz CT molecular complexity index is 768. The highest BCUT2D eigenvalue weighted by Crippen LogP contribution is 2.21. The molecule has 2 aromatic carbocycles. The van der Waals surface area contributed by atoms with E-state index in [0.29, 0.717) is 30.2 Å². The van der Waals surface area contributed by atoms with Crippen molar-refractivity contribution in [2.24, 2.45) is 0 Å². The molecule has 0 bridgehead atoms. The van der Waals surface area contributed by atoms with Crippen LogP contribution < -0.4 is 15.4 Å². The Kier molecular flexibility index (Phi) is 7.37. The van der Waals surface area contributed by atoms with Crippen LogP contribution in [0.3, 0.4) is 0 Å². The Morgan fingerprint density at radius 3 is 2.54 bits per heavy atom. The van der Waals surface area contributed by atoms with E-state index in [9.17, 15) is 14.0 Å². The van der Waals surface area contributed by atoms with E-state index in [1.807, 2.05) is 0 Å². The molecule has 0 radical (unpaired) electrons. The molecule has 2 rings (SSSR count). The first kappa shape index (κ1) is 19.7. The van der Waals surface area contributed by atoms with Crippen LogP contribution in [0.2, 0.25) is 5.02 Å². The predicted octanol–water partition coefficient (Wildman–Crippen LogP) is 2.87. The van der Waals surface area contributed by atoms with Gasteiger partial charge in [-0.3, -0.25) is 9.59 Å². The average Bonchev–Trinajstić information content (AvgIpc) is 2.61. The lowest BCUT2D eigenvalue weighted by Crippen LogP contribution is -2.27. The van der Waals surface area contributed by atoms with Crippen molar-refractivity contribution < 1.29 is 23.5 Å². The lowest BCUT2D eigenvalue weighted by atomic mass is 10.2. The molecular weight excluding hydrogens is 363 g/mol. The minimum absolute atomic E-state index is 0.206. The maximum atomic E-state index is 12.8. The Hall–Kier alpha value is -2.64. The molecule has 2 aromatic rings. The van der Waals surface area contributed by atoms with E-state index in [0.717, 1.165) is 0 Å². The lowest BCUT2D eigenvalue weighted by Gasteiger charge is -2.10. The second-order valence-corrected chi connectivity index (χ2v) is 5.64. The number of carbonyl (C=O) groups is 2. The van der Waals surface area contributed by atoms with Crippen LogP contribution in [0.15, 0.2) is 42.5 Å². The van der Waals surface area contributed by atoms with Crippen molar-refractivity contribution in [2.75, 3.05) is 32.2 Å². The third kappa shape index (κ3) is 6.02. The zero-order chi connectivity index (χ0) is 18.9. The fourth-order valence-corrected chi connectivity index (χ4v) is 2.28. The minimum atomic E-state index is -0.414. The molecule has 0 aliphatic heterocycles. The van der Waals surface area contributed by atoms with Gasteiger partial charge >= 0.3 is 0 Å². The van der Waals surface area contributed by atoms with Crippen LogP contribution in [0.5, 0.6) is 5.75 Å². The van der Waals surface area contributed by atoms with E-state index in [-0.39, 0.29) is 23.4 Å². The summed E-state index contributed by atoms with van der Waals surface area (Å²) in [4.78, 5) is 23.9. The van der Waals surface area contributed by atoms with Crippen molar-refractivity contribution in [3.05, 3.63) is 58.9 Å². The topological polar surface area (TPSA) is 76.7 Å². The molecule has 0 aliphatic rings. The standard InChI is InChI=1S/C18H18ClFN2O4/c1-25-9-8-21-18(24)15-7-4-13(10-16(15)19)22-17(23)11-26-14-5-2-12(20)3-6-14/h2-7,10H,8-9,11H2,1H3,(H,21,24)(H,22,23). The van der Waals surface area contributed by atoms with E-state index in [1.54, 1.807) is 6.07 Å². The maximum absolute atomic E-state index is 12.8. The molecule has 0 unspecified atom stereocenters. The number of anilines is 1. The zero-order valence-electron chi connectivity index (χ0n) is 14.1. The normalized spacial score (nSPS) is 10.3. The lowest BCUT2D eigenvalue weighted by molar-refractivity contribution is -0.118. The number of amides is 2. The SMILES string of the molecule is COCCNC(=O)c1ccc(NC(=O)COc2ccc(F)cc2)cc1Cl. The quantitative estimate of drug-likeness (QED) is 0.690. The molecule has 26 heavy (non-hydrogen) atoms. The largest absolute Gasteiger partial charge is 0.484 e. The van der Waals surface area contributed by atoms with Crippen molar-refractivity contribution in [3.8, 4) is 5.75 Å². The Labute approximate surface area is 155 Å². The van der Waals surface area contributed by atoms with Crippen LogP contribution in [-0.4, -0.2) is 38.7 Å². The van der Waals surface area contributed by atoms with Crippen molar-refractivity contribution >= 4 is 29.1 Å². The fourth-order valence-electron chi connectivity index (χ4n) is 2.02. The van der Waals surface area contributed by atoms with Gasteiger partial charge in [0.1, 0.15) is 11.6 Å². The third-order valence-corrected chi connectivity index (χ3v) is 3.59. The predicted molar refractivity (Wildman–Crippen MR) is 96.2 cm³/mol. The number of ether oxygens (including phenoxy) is 2. The highest BCUT2D eigenvalue weighted by atomic mass is 35.5. The molecule has 2 amide bonds. The molecule has 0 heterocycles. The summed E-state index contributed by atoms with van der Waals surface area (Å²) in [5.74, 6) is -0.752. The molecule has 0 aromatic heterocycles. The summed E-state index contributed by atoms with van der Waals surface area (Å²) in [5, 5.41) is 5.48. The molecule has 8 heteroatoms. The van der Waals surface area contributed by atoms with Crippen LogP contribution in [0, 0.1) is 5.82 Å². The fraction of sp³-hybridized carbons (Fsp3) is 0.222. The third-order valence-electron chi connectivity index (χ3n) is 3.27. The van der Waals surface area contributed by atoms with Crippen molar-refractivity contribution in [1.29, 1.82) is 0 Å². The van der Waals surface area contributed by atoms with E-state index in [1.165, 1.54) is 43.5 Å². The minimum Gasteiger partial charge on any atom is -0.484 e. The summed E-state index contributed by atoms with van der Waals surface area (Å²) in [7, 11) is 1.54. The van der Waals surface area contributed by atoms with Crippen LogP contribution in [0.4, 0.5) is 10.1 Å². The number of methoxy groups -OCH3 is 1. The van der Waals surface area contributed by atoms with E-state index in [2.05, 4.69) is 10.6 Å². The molecule has 138 valence electrons. The van der Waals surface area contributed by atoms with Gasteiger partial charge in [-0.1, -0.05) is 11.6 Å². The van der Waals surface area contributed by atoms with Crippen LogP contribution in [0.1, 0.15) is 10.4 Å². The van der Waals surface area contributed by atoms with Gasteiger partial charge in [0.15, 0.2) is 6.61 Å². The van der Waals surface area contributed by atoms with Crippen molar-refractivity contribution in [2.45, 2.75) is 0 Å². The van der Waals surface area contributed by atoms with Gasteiger partial charge in [0.25, 0.3) is 11.8 Å². The van der Waals surface area contributed by atoms with Gasteiger partial charge in [-0.2, -0.15) is 0 Å². The number of carbonyl (C=O) groups excluding carboxylic acids is 2. The molecule has 2 N–H and O–H groups in total. The first-order valence-electron chi connectivity index (χ1n) is 7.74. The van der Waals surface area contributed by atoms with Gasteiger partial charge in [0, 0.05) is 19.3 Å². The van der Waals surface area contributed by atoms with E-state index < -0.39 is 5.91 Å². The van der Waals surface area contributed by atoms with Gasteiger partial charge in [0.2, 0.25) is 0 Å². The van der Waals surface area contributed by atoms with Gasteiger partial charge in [-0.05, 0) is 42.5 Å². The second kappa shape index (κ2) is 9.74. The smallest absolute Gasteiger partial charge is 0.262 e.